The Labute approximate surface area is 269 Å². The van der Waals surface area contributed by atoms with Gasteiger partial charge in [-0.2, -0.15) is 0 Å². The number of non-ortho nitro benzene ring substituents is 1. The molecule has 1 N–H and O–H groups in total. The van der Waals surface area contributed by atoms with Crippen molar-refractivity contribution in [3.05, 3.63) is 136 Å². The second-order valence-corrected chi connectivity index (χ2v) is 13.0. The number of nitro benzene ring substituents is 1. The number of aryl methyl sites for hydroxylation is 1. The van der Waals surface area contributed by atoms with E-state index in [0.29, 0.717) is 6.42 Å². The highest BCUT2D eigenvalue weighted by Gasteiger charge is 2.35. The molecule has 0 saturated heterocycles. The summed E-state index contributed by atoms with van der Waals surface area (Å²) in [5.41, 5.74) is 2.47. The number of hydrogen-bond acceptors (Lipinski definition) is 6. The van der Waals surface area contributed by atoms with Crippen LogP contribution in [0.1, 0.15) is 37.0 Å². The molecule has 0 spiro atoms. The van der Waals surface area contributed by atoms with Gasteiger partial charge in [-0.3, -0.25) is 24.0 Å². The minimum Gasteiger partial charge on any atom is -0.352 e. The van der Waals surface area contributed by atoms with Crippen LogP contribution < -0.4 is 9.62 Å². The number of benzene rings is 4. The number of rotatable bonds is 14. The van der Waals surface area contributed by atoms with Crippen molar-refractivity contribution in [3.8, 4) is 0 Å². The van der Waals surface area contributed by atoms with Gasteiger partial charge >= 0.3 is 0 Å². The van der Waals surface area contributed by atoms with E-state index in [1.54, 1.807) is 18.2 Å². The van der Waals surface area contributed by atoms with Crippen molar-refractivity contribution < 1.29 is 22.9 Å². The third-order valence-corrected chi connectivity index (χ3v) is 9.49. The van der Waals surface area contributed by atoms with E-state index in [4.69, 9.17) is 0 Å². The highest BCUT2D eigenvalue weighted by atomic mass is 32.2. The fourth-order valence-corrected chi connectivity index (χ4v) is 6.31. The molecule has 0 heterocycles. The molecule has 2 unspecified atom stereocenters. The molecule has 0 aliphatic heterocycles. The topological polar surface area (TPSA) is 130 Å². The van der Waals surface area contributed by atoms with Crippen LogP contribution in [0.3, 0.4) is 0 Å². The standard InChI is InChI=1S/C35H38N4O6S/c1-4-27(3)36-35(41)33(23-28-11-7-5-8-12-28)37(24-29-17-15-26(2)16-18-29)34(40)25-38(30-19-21-31(22-20-30)39(42)43)46(44,45)32-13-9-6-10-14-32/h5-22,27,33H,4,23-25H2,1-3H3,(H,36,41). The summed E-state index contributed by atoms with van der Waals surface area (Å²) >= 11 is 0. The first kappa shape index (κ1) is 33.9. The number of amides is 2. The van der Waals surface area contributed by atoms with E-state index in [1.807, 2.05) is 75.4 Å². The maximum Gasteiger partial charge on any atom is 0.269 e. The van der Waals surface area contributed by atoms with Gasteiger partial charge in [-0.15, -0.1) is 0 Å². The Morgan fingerprint density at radius 2 is 1.43 bits per heavy atom. The van der Waals surface area contributed by atoms with Crippen molar-refractivity contribution in [3.63, 3.8) is 0 Å². The van der Waals surface area contributed by atoms with Crippen LogP contribution in [-0.2, 0) is 32.6 Å². The quantitative estimate of drug-likeness (QED) is 0.140. The molecule has 0 saturated carbocycles. The zero-order valence-corrected chi connectivity index (χ0v) is 26.9. The smallest absolute Gasteiger partial charge is 0.269 e. The molecule has 0 radical (unpaired) electrons. The second-order valence-electron chi connectivity index (χ2n) is 11.1. The zero-order valence-electron chi connectivity index (χ0n) is 26.1. The Morgan fingerprint density at radius 1 is 0.848 bits per heavy atom. The van der Waals surface area contributed by atoms with Gasteiger partial charge in [-0.1, -0.05) is 85.3 Å². The van der Waals surface area contributed by atoms with Gasteiger partial charge in [0.15, 0.2) is 0 Å². The summed E-state index contributed by atoms with van der Waals surface area (Å²) in [4.78, 5) is 40.5. The Kier molecular flexibility index (Phi) is 11.3. The molecule has 10 nitrogen and oxygen atoms in total. The average Bonchev–Trinajstić information content (AvgIpc) is 3.06. The molecule has 0 aliphatic carbocycles. The van der Waals surface area contributed by atoms with E-state index in [-0.39, 0.29) is 41.2 Å². The number of carbonyl (C=O) groups excluding carboxylic acids is 2. The summed E-state index contributed by atoms with van der Waals surface area (Å²) < 4.78 is 29.0. The molecular formula is C35H38N4O6S. The predicted molar refractivity (Wildman–Crippen MR) is 178 cm³/mol. The molecule has 2 amide bonds. The number of sulfonamides is 1. The Balaban J connectivity index is 1.81. The van der Waals surface area contributed by atoms with Crippen LogP contribution in [0.5, 0.6) is 0 Å². The first-order chi connectivity index (χ1) is 22.0. The normalized spacial score (nSPS) is 12.5. The second kappa shape index (κ2) is 15.3. The van der Waals surface area contributed by atoms with Gasteiger partial charge in [0, 0.05) is 31.1 Å². The maximum atomic E-state index is 14.5. The van der Waals surface area contributed by atoms with E-state index < -0.39 is 33.4 Å². The number of carbonyl (C=O) groups is 2. The van der Waals surface area contributed by atoms with E-state index in [9.17, 15) is 28.1 Å². The molecule has 11 heteroatoms. The minimum atomic E-state index is -4.31. The fourth-order valence-electron chi connectivity index (χ4n) is 4.87. The van der Waals surface area contributed by atoms with E-state index >= 15 is 0 Å². The lowest BCUT2D eigenvalue weighted by Gasteiger charge is -2.34. The highest BCUT2D eigenvalue weighted by molar-refractivity contribution is 7.92. The highest BCUT2D eigenvalue weighted by Crippen LogP contribution is 2.27. The molecule has 0 bridgehead atoms. The van der Waals surface area contributed by atoms with Gasteiger partial charge in [0.05, 0.1) is 15.5 Å². The van der Waals surface area contributed by atoms with E-state index in [1.165, 1.54) is 41.3 Å². The number of nitrogens with zero attached hydrogens (tertiary/aromatic N) is 3. The third-order valence-electron chi connectivity index (χ3n) is 7.70. The summed E-state index contributed by atoms with van der Waals surface area (Å²) in [6.07, 6.45) is 0.878. The Hall–Kier alpha value is -5.03. The number of nitro groups is 1. The van der Waals surface area contributed by atoms with Crippen molar-refractivity contribution in [2.45, 2.75) is 57.1 Å². The van der Waals surface area contributed by atoms with Crippen LogP contribution >= 0.6 is 0 Å². The van der Waals surface area contributed by atoms with Crippen LogP contribution in [0.2, 0.25) is 0 Å². The first-order valence-corrected chi connectivity index (χ1v) is 16.4. The number of anilines is 1. The summed E-state index contributed by atoms with van der Waals surface area (Å²) in [6.45, 7) is 5.17. The van der Waals surface area contributed by atoms with Gasteiger partial charge in [-0.05, 0) is 55.7 Å². The van der Waals surface area contributed by atoms with E-state index in [2.05, 4.69) is 5.32 Å². The molecular weight excluding hydrogens is 604 g/mol. The zero-order chi connectivity index (χ0) is 33.3. The molecule has 46 heavy (non-hydrogen) atoms. The van der Waals surface area contributed by atoms with Crippen LogP contribution in [0, 0.1) is 17.0 Å². The molecule has 240 valence electrons. The Morgan fingerprint density at radius 3 is 2.00 bits per heavy atom. The molecule has 2 atom stereocenters. The monoisotopic (exact) mass is 642 g/mol. The van der Waals surface area contributed by atoms with Crippen molar-refractivity contribution in [1.29, 1.82) is 0 Å². The summed E-state index contributed by atoms with van der Waals surface area (Å²) in [7, 11) is -4.31. The van der Waals surface area contributed by atoms with Crippen LogP contribution in [0.4, 0.5) is 11.4 Å². The van der Waals surface area contributed by atoms with E-state index in [0.717, 1.165) is 21.0 Å². The number of hydrogen-bond donors (Lipinski definition) is 1. The van der Waals surface area contributed by atoms with Crippen molar-refractivity contribution in [2.24, 2.45) is 0 Å². The summed E-state index contributed by atoms with van der Waals surface area (Å²) in [5, 5.41) is 14.3. The van der Waals surface area contributed by atoms with Gasteiger partial charge in [0.2, 0.25) is 11.8 Å². The van der Waals surface area contributed by atoms with Gasteiger partial charge in [0.25, 0.3) is 15.7 Å². The fraction of sp³-hybridized carbons (Fsp3) is 0.257. The predicted octanol–water partition coefficient (Wildman–Crippen LogP) is 5.65. The van der Waals surface area contributed by atoms with Crippen LogP contribution in [0.25, 0.3) is 0 Å². The minimum absolute atomic E-state index is 0.0457. The summed E-state index contributed by atoms with van der Waals surface area (Å²) in [6, 6.07) is 28.4. The van der Waals surface area contributed by atoms with Crippen molar-refractivity contribution >= 4 is 33.2 Å². The lowest BCUT2D eigenvalue weighted by molar-refractivity contribution is -0.384. The molecule has 0 aliphatic rings. The van der Waals surface area contributed by atoms with Gasteiger partial charge < -0.3 is 10.2 Å². The molecule has 4 aromatic carbocycles. The summed E-state index contributed by atoms with van der Waals surface area (Å²) in [5.74, 6) is -0.967. The third kappa shape index (κ3) is 8.57. The van der Waals surface area contributed by atoms with Gasteiger partial charge in [-0.25, -0.2) is 8.42 Å². The molecule has 0 aromatic heterocycles. The van der Waals surface area contributed by atoms with Gasteiger partial charge in [0.1, 0.15) is 12.6 Å². The molecule has 4 aromatic rings. The average molecular weight is 643 g/mol. The van der Waals surface area contributed by atoms with Crippen molar-refractivity contribution in [2.75, 3.05) is 10.8 Å². The van der Waals surface area contributed by atoms with Crippen LogP contribution in [0.15, 0.2) is 114 Å². The first-order valence-electron chi connectivity index (χ1n) is 15.0. The molecule has 0 fully saturated rings. The maximum absolute atomic E-state index is 14.5. The number of nitrogens with one attached hydrogen (secondary N) is 1. The SMILES string of the molecule is CCC(C)NC(=O)C(Cc1ccccc1)N(Cc1ccc(C)cc1)C(=O)CN(c1ccc([N+](=O)[O-])cc1)S(=O)(=O)c1ccccc1. The lowest BCUT2D eigenvalue weighted by atomic mass is 10.0. The Bertz CT molecular complexity index is 1730. The van der Waals surface area contributed by atoms with Crippen LogP contribution in [-0.4, -0.2) is 48.7 Å². The lowest BCUT2D eigenvalue weighted by Crippen LogP contribution is -2.54. The van der Waals surface area contributed by atoms with Crippen molar-refractivity contribution in [1.82, 2.24) is 10.2 Å². The largest absolute Gasteiger partial charge is 0.352 e. The molecule has 4 rings (SSSR count).